The van der Waals surface area contributed by atoms with Gasteiger partial charge >= 0.3 is 0 Å². The SMILES string of the molecule is O=c1cc(-c2cccnc2)ncn1CC1CCN(C2COCC2O)CC1. The summed E-state index contributed by atoms with van der Waals surface area (Å²) in [5, 5.41) is 9.97. The van der Waals surface area contributed by atoms with E-state index in [-0.39, 0.29) is 17.7 Å². The Labute approximate surface area is 152 Å². The third kappa shape index (κ3) is 3.70. The van der Waals surface area contributed by atoms with Crippen LogP contribution in [0, 0.1) is 5.92 Å². The first-order valence-corrected chi connectivity index (χ1v) is 9.17. The number of hydrogen-bond donors (Lipinski definition) is 1. The first kappa shape index (κ1) is 17.3. The molecule has 0 spiro atoms. The molecule has 2 aromatic heterocycles. The highest BCUT2D eigenvalue weighted by molar-refractivity contribution is 5.56. The average molecular weight is 356 g/mol. The van der Waals surface area contributed by atoms with Gasteiger partial charge in [-0.25, -0.2) is 4.98 Å². The lowest BCUT2D eigenvalue weighted by molar-refractivity contribution is 0.0562. The van der Waals surface area contributed by atoms with Crippen molar-refractivity contribution in [1.82, 2.24) is 19.4 Å². The third-order valence-corrected chi connectivity index (χ3v) is 5.43. The minimum Gasteiger partial charge on any atom is -0.389 e. The molecule has 2 aromatic rings. The number of nitrogens with zero attached hydrogens (tertiary/aromatic N) is 4. The van der Waals surface area contributed by atoms with Gasteiger partial charge in [-0.1, -0.05) is 0 Å². The Morgan fingerprint density at radius 3 is 2.77 bits per heavy atom. The van der Waals surface area contributed by atoms with Crippen LogP contribution in [0.4, 0.5) is 0 Å². The molecule has 4 heterocycles. The second-order valence-electron chi connectivity index (χ2n) is 7.16. The quantitative estimate of drug-likeness (QED) is 0.872. The molecule has 0 bridgehead atoms. The van der Waals surface area contributed by atoms with Gasteiger partial charge in [-0.3, -0.25) is 19.2 Å². The summed E-state index contributed by atoms with van der Waals surface area (Å²) in [6.07, 6.45) is 6.71. The average Bonchev–Trinajstić information content (AvgIpc) is 3.11. The molecule has 2 atom stereocenters. The lowest BCUT2D eigenvalue weighted by atomic mass is 9.95. The molecule has 0 aliphatic carbocycles. The standard InChI is InChI=1S/C19H24N4O3/c24-18-12-26-11-17(18)22-6-3-14(4-7-22)10-23-13-21-16(8-19(23)25)15-2-1-5-20-9-15/h1-2,5,8-9,13-14,17-18,24H,3-4,6-7,10-12H2. The van der Waals surface area contributed by atoms with E-state index in [2.05, 4.69) is 14.9 Å². The number of likely N-dealkylation sites (tertiary alicyclic amines) is 1. The fourth-order valence-electron chi connectivity index (χ4n) is 3.86. The van der Waals surface area contributed by atoms with E-state index in [0.717, 1.165) is 31.5 Å². The van der Waals surface area contributed by atoms with Crippen molar-refractivity contribution in [3.63, 3.8) is 0 Å². The number of hydrogen-bond acceptors (Lipinski definition) is 6. The first-order valence-electron chi connectivity index (χ1n) is 9.17. The largest absolute Gasteiger partial charge is 0.389 e. The molecule has 4 rings (SSSR count). The van der Waals surface area contributed by atoms with E-state index in [4.69, 9.17) is 4.74 Å². The van der Waals surface area contributed by atoms with Crippen molar-refractivity contribution in [2.75, 3.05) is 26.3 Å². The van der Waals surface area contributed by atoms with Gasteiger partial charge in [0.25, 0.3) is 5.56 Å². The van der Waals surface area contributed by atoms with Crippen molar-refractivity contribution in [2.24, 2.45) is 5.92 Å². The Balaban J connectivity index is 1.37. The van der Waals surface area contributed by atoms with E-state index in [1.54, 1.807) is 29.4 Å². The van der Waals surface area contributed by atoms with Crippen LogP contribution >= 0.6 is 0 Å². The fourth-order valence-corrected chi connectivity index (χ4v) is 3.86. The normalized spacial score (nSPS) is 24.8. The number of ether oxygens (including phenoxy) is 1. The molecule has 7 heteroatoms. The summed E-state index contributed by atoms with van der Waals surface area (Å²) in [6.45, 7) is 3.62. The van der Waals surface area contributed by atoms with Crippen molar-refractivity contribution in [1.29, 1.82) is 0 Å². The minimum absolute atomic E-state index is 0.0269. The lowest BCUT2D eigenvalue weighted by Gasteiger charge is -2.36. The molecule has 0 radical (unpaired) electrons. The van der Waals surface area contributed by atoms with Crippen molar-refractivity contribution in [3.05, 3.63) is 47.3 Å². The maximum Gasteiger partial charge on any atom is 0.253 e. The topological polar surface area (TPSA) is 80.5 Å². The summed E-state index contributed by atoms with van der Waals surface area (Å²) in [7, 11) is 0. The van der Waals surface area contributed by atoms with Crippen LogP contribution in [0.3, 0.4) is 0 Å². The second-order valence-corrected chi connectivity index (χ2v) is 7.16. The van der Waals surface area contributed by atoms with E-state index in [0.29, 0.717) is 31.4 Å². The number of rotatable bonds is 4. The Hall–Kier alpha value is -2.09. The van der Waals surface area contributed by atoms with Gasteiger partial charge in [0.05, 0.1) is 37.4 Å². The van der Waals surface area contributed by atoms with Gasteiger partial charge in [-0.2, -0.15) is 0 Å². The summed E-state index contributed by atoms with van der Waals surface area (Å²) in [5.74, 6) is 0.453. The van der Waals surface area contributed by atoms with Crippen molar-refractivity contribution in [3.8, 4) is 11.3 Å². The molecule has 0 aromatic carbocycles. The van der Waals surface area contributed by atoms with Gasteiger partial charge in [0.2, 0.25) is 0 Å². The molecule has 2 unspecified atom stereocenters. The maximum atomic E-state index is 12.4. The summed E-state index contributed by atoms with van der Waals surface area (Å²) in [5.41, 5.74) is 1.48. The highest BCUT2D eigenvalue weighted by Gasteiger charge is 2.33. The Bertz CT molecular complexity index is 787. The number of aromatic nitrogens is 3. The van der Waals surface area contributed by atoms with Gasteiger partial charge in [-0.15, -0.1) is 0 Å². The van der Waals surface area contributed by atoms with Crippen molar-refractivity contribution in [2.45, 2.75) is 31.5 Å². The highest BCUT2D eigenvalue weighted by Crippen LogP contribution is 2.23. The van der Waals surface area contributed by atoms with E-state index >= 15 is 0 Å². The minimum atomic E-state index is -0.376. The molecule has 138 valence electrons. The van der Waals surface area contributed by atoms with Crippen LogP contribution in [0.2, 0.25) is 0 Å². The Kier molecular flexibility index (Phi) is 5.10. The molecule has 26 heavy (non-hydrogen) atoms. The van der Waals surface area contributed by atoms with Gasteiger partial charge in [0, 0.05) is 30.6 Å². The molecular weight excluding hydrogens is 332 g/mol. The van der Waals surface area contributed by atoms with E-state index in [1.165, 1.54) is 0 Å². The zero-order valence-electron chi connectivity index (χ0n) is 14.7. The van der Waals surface area contributed by atoms with E-state index in [1.807, 2.05) is 12.1 Å². The second kappa shape index (κ2) is 7.65. The van der Waals surface area contributed by atoms with Crippen LogP contribution in [0.1, 0.15) is 12.8 Å². The van der Waals surface area contributed by atoms with Crippen LogP contribution in [0.15, 0.2) is 41.7 Å². The predicted molar refractivity (Wildman–Crippen MR) is 96.6 cm³/mol. The fraction of sp³-hybridized carbons (Fsp3) is 0.526. The van der Waals surface area contributed by atoms with E-state index < -0.39 is 0 Å². The zero-order valence-corrected chi connectivity index (χ0v) is 14.7. The molecular formula is C19H24N4O3. The first-order chi connectivity index (χ1) is 12.7. The summed E-state index contributed by atoms with van der Waals surface area (Å²) in [4.78, 5) is 23.3. The van der Waals surface area contributed by atoms with Gasteiger partial charge in [-0.05, 0) is 44.0 Å². The summed E-state index contributed by atoms with van der Waals surface area (Å²) < 4.78 is 7.06. The molecule has 1 N–H and O–H groups in total. The zero-order chi connectivity index (χ0) is 17.9. The summed E-state index contributed by atoms with van der Waals surface area (Å²) >= 11 is 0. The van der Waals surface area contributed by atoms with Crippen molar-refractivity contribution >= 4 is 0 Å². The third-order valence-electron chi connectivity index (χ3n) is 5.43. The lowest BCUT2D eigenvalue weighted by Crippen LogP contribution is -2.47. The van der Waals surface area contributed by atoms with Crippen molar-refractivity contribution < 1.29 is 9.84 Å². The number of piperidine rings is 1. The van der Waals surface area contributed by atoms with E-state index in [9.17, 15) is 9.90 Å². The van der Waals surface area contributed by atoms with Crippen LogP contribution in [0.25, 0.3) is 11.3 Å². The van der Waals surface area contributed by atoms with Crippen LogP contribution in [-0.4, -0.2) is 63.0 Å². The molecule has 2 saturated heterocycles. The van der Waals surface area contributed by atoms with Gasteiger partial charge < -0.3 is 9.84 Å². The molecule has 2 aliphatic rings. The van der Waals surface area contributed by atoms with Crippen LogP contribution in [-0.2, 0) is 11.3 Å². The van der Waals surface area contributed by atoms with Crippen LogP contribution < -0.4 is 5.56 Å². The van der Waals surface area contributed by atoms with Gasteiger partial charge in [0.15, 0.2) is 0 Å². The predicted octanol–water partition coefficient (Wildman–Crippen LogP) is 0.777. The number of aliphatic hydroxyl groups excluding tert-OH is 1. The maximum absolute atomic E-state index is 12.4. The molecule has 0 saturated carbocycles. The molecule has 2 fully saturated rings. The Morgan fingerprint density at radius 2 is 2.12 bits per heavy atom. The highest BCUT2D eigenvalue weighted by atomic mass is 16.5. The number of pyridine rings is 1. The number of aliphatic hydroxyl groups is 1. The monoisotopic (exact) mass is 356 g/mol. The Morgan fingerprint density at radius 1 is 1.27 bits per heavy atom. The molecule has 7 nitrogen and oxygen atoms in total. The summed E-state index contributed by atoms with van der Waals surface area (Å²) in [6, 6.07) is 5.44. The van der Waals surface area contributed by atoms with Gasteiger partial charge in [0.1, 0.15) is 0 Å². The molecule has 0 amide bonds. The smallest absolute Gasteiger partial charge is 0.253 e. The van der Waals surface area contributed by atoms with Crippen LogP contribution in [0.5, 0.6) is 0 Å². The molecule has 2 aliphatic heterocycles.